The monoisotopic (exact) mass is 963 g/mol. The molecule has 70 heavy (non-hydrogen) atoms. The molecule has 0 aliphatic carbocycles. The number of benzene rings is 9. The van der Waals surface area contributed by atoms with E-state index in [9.17, 15) is 0 Å². The fraction of sp³-hybridized carbons (Fsp3) is 0. The van der Waals surface area contributed by atoms with Crippen LogP contribution in [-0.4, -0.2) is 6.71 Å². The number of thiophene rings is 4. The van der Waals surface area contributed by atoms with Gasteiger partial charge in [0, 0.05) is 72.6 Å². The molecule has 0 saturated heterocycles. The number of fused-ring (bicyclic) bond motifs is 10. The molecule has 0 saturated carbocycles. The zero-order chi connectivity index (χ0) is 45.9. The Bertz CT molecular complexity index is 3890. The second kappa shape index (κ2) is 15.9. The standard InChI is InChI=1S/C62H38BN3S4/c1-5-21-39(22-6-1)59-55(44-29-13-17-33-50(44)67-59)65-48-37-43(64(41-25-9-3-10-26-41)42-27-11-4-12-28-42)38-49-54(48)63(61-57(65)46-31-15-19-35-52(46)69-61)62-58(47-32-16-20-36-53(47)70-62)66(49)56-45-30-14-18-34-51(45)68-60(56)40-23-7-2-8-24-40/h1-38H. The van der Waals surface area contributed by atoms with Crippen molar-refractivity contribution in [3.05, 3.63) is 231 Å². The maximum atomic E-state index is 2.70. The number of nitrogens with zero attached hydrogens (tertiary/aromatic N) is 3. The highest BCUT2D eigenvalue weighted by molar-refractivity contribution is 7.41. The Kier molecular flexibility index (Phi) is 9.14. The number of hydrogen-bond acceptors (Lipinski definition) is 7. The molecule has 0 N–H and O–H groups in total. The highest BCUT2D eigenvalue weighted by Gasteiger charge is 2.49. The molecule has 0 unspecified atom stereocenters. The van der Waals surface area contributed by atoms with E-state index in [0.29, 0.717) is 0 Å². The molecule has 0 amide bonds. The van der Waals surface area contributed by atoms with Gasteiger partial charge in [0.05, 0.1) is 38.2 Å². The van der Waals surface area contributed by atoms with Crippen LogP contribution in [0.1, 0.15) is 0 Å². The predicted octanol–water partition coefficient (Wildman–Crippen LogP) is 17.4. The summed E-state index contributed by atoms with van der Waals surface area (Å²) in [5, 5.41) is 5.05. The molecule has 2 aliphatic heterocycles. The van der Waals surface area contributed by atoms with Gasteiger partial charge in [-0.25, -0.2) is 0 Å². The minimum Gasteiger partial charge on any atom is -0.310 e. The van der Waals surface area contributed by atoms with Gasteiger partial charge in [-0.1, -0.05) is 170 Å². The van der Waals surface area contributed by atoms with Crippen LogP contribution in [0.5, 0.6) is 0 Å². The van der Waals surface area contributed by atoms with E-state index in [-0.39, 0.29) is 6.71 Å². The molecule has 13 aromatic rings. The van der Waals surface area contributed by atoms with Gasteiger partial charge in [0.2, 0.25) is 0 Å². The van der Waals surface area contributed by atoms with Crippen molar-refractivity contribution in [2.45, 2.75) is 0 Å². The second-order valence-corrected chi connectivity index (χ2v) is 22.2. The van der Waals surface area contributed by atoms with Crippen LogP contribution in [0.15, 0.2) is 231 Å². The van der Waals surface area contributed by atoms with E-state index in [1.807, 2.05) is 45.3 Å². The van der Waals surface area contributed by atoms with Gasteiger partial charge >= 0.3 is 0 Å². The summed E-state index contributed by atoms with van der Waals surface area (Å²) in [7, 11) is 0. The molecule has 15 rings (SSSR count). The lowest BCUT2D eigenvalue weighted by Gasteiger charge is -2.43. The summed E-state index contributed by atoms with van der Waals surface area (Å²) in [5.74, 6) is 0. The smallest absolute Gasteiger partial charge is 0.277 e. The van der Waals surface area contributed by atoms with Crippen molar-refractivity contribution in [1.82, 2.24) is 0 Å². The van der Waals surface area contributed by atoms with Gasteiger partial charge in [-0.05, 0) is 77.3 Å². The molecule has 0 radical (unpaired) electrons. The number of para-hydroxylation sites is 2. The van der Waals surface area contributed by atoms with Crippen LogP contribution >= 0.6 is 45.3 Å². The summed E-state index contributed by atoms with van der Waals surface area (Å²) in [6, 6.07) is 85.2. The lowest BCUT2D eigenvalue weighted by atomic mass is 9.39. The Labute approximate surface area is 421 Å². The van der Waals surface area contributed by atoms with Crippen molar-refractivity contribution in [3.8, 4) is 20.9 Å². The van der Waals surface area contributed by atoms with Crippen LogP contribution in [0.4, 0.5) is 51.2 Å². The summed E-state index contributed by atoms with van der Waals surface area (Å²) in [4.78, 5) is 10.4. The SMILES string of the molecule is c1ccc(-c2sc3ccccc3c2N2c3cc(N(c4ccccc4)c4ccccc4)cc4c3B(c3sc5ccccc5c32)c2sc3ccccc3c2N4c2c(-c3ccccc3)sc3ccccc23)cc1. The normalized spacial score (nSPS) is 12.8. The Hall–Kier alpha value is -7.72. The molecular weight excluding hydrogens is 926 g/mol. The van der Waals surface area contributed by atoms with E-state index < -0.39 is 0 Å². The first-order chi connectivity index (χ1) is 34.8. The van der Waals surface area contributed by atoms with Gasteiger partial charge in [-0.3, -0.25) is 0 Å². The van der Waals surface area contributed by atoms with Crippen LogP contribution in [0.25, 0.3) is 61.2 Å². The van der Waals surface area contributed by atoms with Gasteiger partial charge in [0.15, 0.2) is 0 Å². The summed E-state index contributed by atoms with van der Waals surface area (Å²) in [6.45, 7) is -0.0246. The van der Waals surface area contributed by atoms with E-state index >= 15 is 0 Å². The van der Waals surface area contributed by atoms with Crippen molar-refractivity contribution in [3.63, 3.8) is 0 Å². The van der Waals surface area contributed by atoms with Crippen molar-refractivity contribution in [1.29, 1.82) is 0 Å². The van der Waals surface area contributed by atoms with Crippen LogP contribution in [0.3, 0.4) is 0 Å². The third-order valence-corrected chi connectivity index (χ3v) is 18.9. The highest BCUT2D eigenvalue weighted by atomic mass is 32.1. The van der Waals surface area contributed by atoms with Crippen molar-refractivity contribution in [2.24, 2.45) is 0 Å². The van der Waals surface area contributed by atoms with E-state index in [1.54, 1.807) is 0 Å². The highest BCUT2D eigenvalue weighted by Crippen LogP contribution is 2.58. The molecule has 0 fully saturated rings. The maximum absolute atomic E-state index is 2.70. The van der Waals surface area contributed by atoms with Gasteiger partial charge in [-0.15, -0.1) is 45.3 Å². The largest absolute Gasteiger partial charge is 0.310 e. The molecule has 9 aromatic carbocycles. The molecule has 3 nitrogen and oxygen atoms in total. The minimum atomic E-state index is -0.0246. The van der Waals surface area contributed by atoms with Crippen LogP contribution < -0.4 is 29.7 Å². The fourth-order valence-corrected chi connectivity index (χ4v) is 16.2. The lowest BCUT2D eigenvalue weighted by molar-refractivity contribution is 1.25. The topological polar surface area (TPSA) is 9.72 Å². The van der Waals surface area contributed by atoms with E-state index in [0.717, 1.165) is 17.1 Å². The average molecular weight is 964 g/mol. The van der Waals surface area contributed by atoms with E-state index in [1.165, 1.54) is 110 Å². The fourth-order valence-electron chi connectivity index (χ4n) is 11.1. The quantitative estimate of drug-likeness (QED) is 0.147. The van der Waals surface area contributed by atoms with Crippen molar-refractivity contribution in [2.75, 3.05) is 14.7 Å². The number of rotatable bonds is 7. The Morgan fingerprint density at radius 2 is 0.643 bits per heavy atom. The van der Waals surface area contributed by atoms with Gasteiger partial charge < -0.3 is 14.7 Å². The zero-order valence-corrected chi connectivity index (χ0v) is 40.8. The summed E-state index contributed by atoms with van der Waals surface area (Å²) < 4.78 is 7.89. The van der Waals surface area contributed by atoms with Gasteiger partial charge in [0.1, 0.15) is 0 Å². The Balaban J connectivity index is 1.15. The first-order valence-corrected chi connectivity index (χ1v) is 26.9. The molecule has 0 spiro atoms. The average Bonchev–Trinajstić information content (AvgIpc) is 4.21. The van der Waals surface area contributed by atoms with Crippen molar-refractivity contribution < 1.29 is 0 Å². The predicted molar refractivity (Wildman–Crippen MR) is 308 cm³/mol. The molecule has 2 aliphatic rings. The summed E-state index contributed by atoms with van der Waals surface area (Å²) in [6.07, 6.45) is 0. The van der Waals surface area contributed by atoms with Crippen molar-refractivity contribution >= 4 is 159 Å². The van der Waals surface area contributed by atoms with Crippen LogP contribution in [0, 0.1) is 0 Å². The zero-order valence-electron chi connectivity index (χ0n) is 37.5. The summed E-state index contributed by atoms with van der Waals surface area (Å²) >= 11 is 7.72. The minimum absolute atomic E-state index is 0.0246. The van der Waals surface area contributed by atoms with Gasteiger partial charge in [-0.2, -0.15) is 0 Å². The second-order valence-electron chi connectivity index (χ2n) is 17.9. The Morgan fingerprint density at radius 3 is 1.04 bits per heavy atom. The maximum Gasteiger partial charge on any atom is 0.277 e. The number of anilines is 9. The van der Waals surface area contributed by atoms with Crippen LogP contribution in [0.2, 0.25) is 0 Å². The first kappa shape index (κ1) is 40.2. The molecule has 0 atom stereocenters. The Morgan fingerprint density at radius 1 is 0.314 bits per heavy atom. The summed E-state index contributed by atoms with van der Waals surface area (Å²) in [5.41, 5.74) is 14.4. The molecule has 8 heteroatoms. The van der Waals surface area contributed by atoms with E-state index in [4.69, 9.17) is 0 Å². The molecule has 4 aromatic heterocycles. The lowest BCUT2D eigenvalue weighted by Crippen LogP contribution is -2.59. The molecular formula is C62H38BN3S4. The molecule has 6 heterocycles. The first-order valence-electron chi connectivity index (χ1n) is 23.6. The van der Waals surface area contributed by atoms with E-state index in [2.05, 4.69) is 245 Å². The van der Waals surface area contributed by atoms with Crippen LogP contribution in [-0.2, 0) is 0 Å². The number of hydrogen-bond donors (Lipinski definition) is 0. The molecule has 0 bridgehead atoms. The third-order valence-electron chi connectivity index (χ3n) is 14.0. The molecule has 328 valence electrons. The van der Waals surface area contributed by atoms with Gasteiger partial charge in [0.25, 0.3) is 6.71 Å². The third kappa shape index (κ3) is 5.98.